The third-order valence-electron chi connectivity index (χ3n) is 2.66. The Morgan fingerprint density at radius 1 is 1.25 bits per heavy atom. The second-order valence-corrected chi connectivity index (χ2v) is 5.73. The summed E-state index contributed by atoms with van der Waals surface area (Å²) in [6.07, 6.45) is 1.54. The van der Waals surface area contributed by atoms with Crippen LogP contribution >= 0.6 is 23.4 Å². The van der Waals surface area contributed by atoms with Gasteiger partial charge in [0.25, 0.3) is 5.91 Å². The Labute approximate surface area is 145 Å². The fourth-order valence-corrected chi connectivity index (χ4v) is 2.60. The first-order chi connectivity index (χ1) is 11.5. The van der Waals surface area contributed by atoms with Gasteiger partial charge in [0, 0.05) is 11.8 Å². The third-order valence-corrected chi connectivity index (χ3v) is 4.08. The first kappa shape index (κ1) is 18.2. The van der Waals surface area contributed by atoms with Crippen molar-refractivity contribution in [2.24, 2.45) is 0 Å². The zero-order chi connectivity index (χ0) is 17.5. The van der Waals surface area contributed by atoms with Crippen molar-refractivity contribution in [3.8, 4) is 5.75 Å². The van der Waals surface area contributed by atoms with E-state index in [9.17, 15) is 18.4 Å². The lowest BCUT2D eigenvalue weighted by Gasteiger charge is -2.06. The Morgan fingerprint density at radius 2 is 1.96 bits per heavy atom. The molecule has 0 spiro atoms. The normalized spacial score (nSPS) is 10.5. The van der Waals surface area contributed by atoms with E-state index in [4.69, 9.17) is 11.6 Å². The molecule has 9 heteroatoms. The number of halogens is 3. The van der Waals surface area contributed by atoms with E-state index in [1.165, 1.54) is 24.3 Å². The molecule has 2 aromatic rings. The molecular formula is C15H11ClF2N2O3S. The number of nitrogens with one attached hydrogen (secondary N) is 1. The van der Waals surface area contributed by atoms with Crippen LogP contribution in [0.2, 0.25) is 5.02 Å². The largest absolute Gasteiger partial charge is 0.435 e. The molecule has 126 valence electrons. The van der Waals surface area contributed by atoms with E-state index in [-0.39, 0.29) is 17.1 Å². The number of nitrogens with zero attached hydrogens (tertiary/aromatic N) is 1. The van der Waals surface area contributed by atoms with Crippen LogP contribution in [0.3, 0.4) is 0 Å². The van der Waals surface area contributed by atoms with Crippen LogP contribution in [0.15, 0.2) is 47.6 Å². The number of aromatic nitrogens is 1. The molecule has 0 aliphatic heterocycles. The second kappa shape index (κ2) is 8.60. The smallest absolute Gasteiger partial charge is 0.387 e. The second-order valence-electron chi connectivity index (χ2n) is 4.36. The van der Waals surface area contributed by atoms with Crippen LogP contribution < -0.4 is 10.1 Å². The first-order valence-electron chi connectivity index (χ1n) is 6.58. The molecule has 1 N–H and O–H groups in total. The average molecular weight is 373 g/mol. The quantitative estimate of drug-likeness (QED) is 0.787. The first-order valence-corrected chi connectivity index (χ1v) is 7.94. The molecule has 1 aromatic heterocycles. The van der Waals surface area contributed by atoms with Gasteiger partial charge < -0.3 is 4.74 Å². The number of pyridine rings is 1. The monoisotopic (exact) mass is 372 g/mol. The van der Waals surface area contributed by atoms with Gasteiger partial charge in [0.2, 0.25) is 5.91 Å². The summed E-state index contributed by atoms with van der Waals surface area (Å²) in [6, 6.07) is 8.30. The average Bonchev–Trinajstić information content (AvgIpc) is 2.54. The Morgan fingerprint density at radius 3 is 2.58 bits per heavy atom. The van der Waals surface area contributed by atoms with Crippen LogP contribution in [0, 0.1) is 0 Å². The van der Waals surface area contributed by atoms with Gasteiger partial charge >= 0.3 is 6.61 Å². The minimum Gasteiger partial charge on any atom is -0.435 e. The van der Waals surface area contributed by atoms with E-state index in [2.05, 4.69) is 15.0 Å². The van der Waals surface area contributed by atoms with E-state index >= 15 is 0 Å². The molecule has 2 amide bonds. The maximum absolute atomic E-state index is 12.0. The maximum atomic E-state index is 12.0. The summed E-state index contributed by atoms with van der Waals surface area (Å²) >= 11 is 7.00. The molecule has 0 atom stereocenters. The van der Waals surface area contributed by atoms with Crippen molar-refractivity contribution >= 4 is 35.2 Å². The summed E-state index contributed by atoms with van der Waals surface area (Å²) in [6.45, 7) is -2.94. The Hall–Kier alpha value is -2.19. The number of imide groups is 1. The molecular weight excluding hydrogens is 362 g/mol. The highest BCUT2D eigenvalue weighted by Gasteiger charge is 2.13. The van der Waals surface area contributed by atoms with Crippen LogP contribution in [0.4, 0.5) is 8.78 Å². The van der Waals surface area contributed by atoms with Gasteiger partial charge in [-0.25, -0.2) is 4.98 Å². The summed E-state index contributed by atoms with van der Waals surface area (Å²) in [4.78, 5) is 27.7. The van der Waals surface area contributed by atoms with Gasteiger partial charge in [-0.2, -0.15) is 8.78 Å². The Bertz CT molecular complexity index is 729. The van der Waals surface area contributed by atoms with Gasteiger partial charge in [0.05, 0.1) is 10.8 Å². The number of thioether (sulfide) groups is 1. The predicted molar refractivity (Wildman–Crippen MR) is 85.5 cm³/mol. The number of carbonyl (C=O) groups is 2. The number of hydrogen-bond acceptors (Lipinski definition) is 5. The van der Waals surface area contributed by atoms with Gasteiger partial charge in [0.15, 0.2) is 0 Å². The topological polar surface area (TPSA) is 68.3 Å². The molecule has 0 saturated carbocycles. The molecule has 24 heavy (non-hydrogen) atoms. The van der Waals surface area contributed by atoms with Crippen molar-refractivity contribution in [3.63, 3.8) is 0 Å². The molecule has 0 radical (unpaired) electrons. The van der Waals surface area contributed by atoms with Gasteiger partial charge in [-0.15, -0.1) is 0 Å². The van der Waals surface area contributed by atoms with Crippen molar-refractivity contribution in [1.82, 2.24) is 10.3 Å². The van der Waals surface area contributed by atoms with Gasteiger partial charge in [-0.05, 0) is 36.4 Å². The highest BCUT2D eigenvalue weighted by Crippen LogP contribution is 2.23. The van der Waals surface area contributed by atoms with Gasteiger partial charge in [-0.3, -0.25) is 14.9 Å². The number of benzene rings is 1. The minimum absolute atomic E-state index is 0.0466. The summed E-state index contributed by atoms with van der Waals surface area (Å²) in [5.74, 6) is -1.29. The molecule has 0 aliphatic carbocycles. The van der Waals surface area contributed by atoms with E-state index in [1.54, 1.807) is 18.3 Å². The zero-order valence-electron chi connectivity index (χ0n) is 12.0. The molecule has 2 rings (SSSR count). The van der Waals surface area contributed by atoms with Crippen molar-refractivity contribution in [2.45, 2.75) is 11.6 Å². The van der Waals surface area contributed by atoms with Crippen LogP contribution in [-0.4, -0.2) is 29.2 Å². The lowest BCUT2D eigenvalue weighted by atomic mass is 10.2. The molecule has 5 nitrogen and oxygen atoms in total. The van der Waals surface area contributed by atoms with Crippen LogP contribution in [0.1, 0.15) is 10.4 Å². The van der Waals surface area contributed by atoms with E-state index < -0.39 is 18.4 Å². The Balaban J connectivity index is 1.87. The third kappa shape index (κ3) is 5.47. The maximum Gasteiger partial charge on any atom is 0.387 e. The van der Waals surface area contributed by atoms with Crippen molar-refractivity contribution in [1.29, 1.82) is 0 Å². The number of hydrogen-bond donors (Lipinski definition) is 1. The predicted octanol–water partition coefficient (Wildman–Crippen LogP) is 3.39. The zero-order valence-corrected chi connectivity index (χ0v) is 13.6. The summed E-state index contributed by atoms with van der Waals surface area (Å²) in [7, 11) is 0. The van der Waals surface area contributed by atoms with Crippen LogP contribution in [0.5, 0.6) is 5.75 Å². The van der Waals surface area contributed by atoms with E-state index in [0.29, 0.717) is 10.0 Å². The number of rotatable bonds is 6. The molecule has 0 fully saturated rings. The van der Waals surface area contributed by atoms with E-state index in [1.807, 2.05) is 0 Å². The number of amides is 2. The molecule has 0 aliphatic rings. The van der Waals surface area contributed by atoms with Crippen molar-refractivity contribution in [2.75, 3.05) is 5.75 Å². The molecule has 0 saturated heterocycles. The minimum atomic E-state index is -2.94. The lowest BCUT2D eigenvalue weighted by molar-refractivity contribution is -0.117. The molecule has 0 unspecified atom stereocenters. The lowest BCUT2D eigenvalue weighted by Crippen LogP contribution is -2.31. The highest BCUT2D eigenvalue weighted by molar-refractivity contribution is 8.00. The molecule has 1 heterocycles. The number of carbonyl (C=O) groups excluding carboxylic acids is 2. The Kier molecular flexibility index (Phi) is 6.51. The van der Waals surface area contributed by atoms with Crippen molar-refractivity contribution in [3.05, 3.63) is 53.2 Å². The SMILES string of the molecule is O=C(CSc1ncccc1Cl)NC(=O)c1ccc(OC(F)F)cc1. The summed E-state index contributed by atoms with van der Waals surface area (Å²) in [5.41, 5.74) is 0.144. The van der Waals surface area contributed by atoms with Gasteiger partial charge in [0.1, 0.15) is 10.8 Å². The van der Waals surface area contributed by atoms with Crippen molar-refractivity contribution < 1.29 is 23.1 Å². The van der Waals surface area contributed by atoms with Crippen LogP contribution in [-0.2, 0) is 4.79 Å². The standard InChI is InChI=1S/C15H11ClF2N2O3S/c16-11-2-1-7-19-14(11)24-8-12(21)20-13(22)9-3-5-10(6-4-9)23-15(17)18/h1-7,15H,8H2,(H,20,21,22). The fraction of sp³-hybridized carbons (Fsp3) is 0.133. The fourth-order valence-electron chi connectivity index (χ4n) is 1.63. The molecule has 0 bridgehead atoms. The van der Waals surface area contributed by atoms with Crippen LogP contribution in [0.25, 0.3) is 0 Å². The van der Waals surface area contributed by atoms with Gasteiger partial charge in [-0.1, -0.05) is 23.4 Å². The molecule has 1 aromatic carbocycles. The number of ether oxygens (including phenoxy) is 1. The van der Waals surface area contributed by atoms with E-state index in [0.717, 1.165) is 11.8 Å². The highest BCUT2D eigenvalue weighted by atomic mass is 35.5. The summed E-state index contributed by atoms with van der Waals surface area (Å²) in [5, 5.41) is 3.08. The summed E-state index contributed by atoms with van der Waals surface area (Å²) < 4.78 is 28.3. The number of alkyl halides is 2.